The number of phenolic OH excluding ortho intramolecular Hbond substituents is 1. The number of carbonyl (C=O) groups is 1. The molecule has 0 fully saturated rings. The molecule has 0 bridgehead atoms. The van der Waals surface area contributed by atoms with Crippen molar-refractivity contribution >= 4 is 12.0 Å². The van der Waals surface area contributed by atoms with E-state index in [2.05, 4.69) is 0 Å². The Morgan fingerprint density at radius 3 is 2.05 bits per heavy atom. The number of hydrogen-bond donors (Lipinski definition) is 3. The number of phenols is 1. The molecule has 0 saturated carbocycles. The molecule has 0 aromatic heterocycles. The molecule has 0 aliphatic carbocycles. The van der Waals surface area contributed by atoms with E-state index < -0.39 is 0 Å². The maximum Gasteiger partial charge on any atom is 0.246 e. The fraction of sp³-hybridized carbons (Fsp3) is 0.400. The maximum atomic E-state index is 12.0. The highest BCUT2D eigenvalue weighted by atomic mass is 16.5. The number of carbonyl (C=O) groups excluding carboxylic acids is 1. The van der Waals surface area contributed by atoms with Gasteiger partial charge in [0, 0.05) is 19.2 Å². The smallest absolute Gasteiger partial charge is 0.246 e. The molecule has 0 saturated heterocycles. The lowest BCUT2D eigenvalue weighted by molar-refractivity contribution is -0.126. The molecule has 0 spiro atoms. The third-order valence-electron chi connectivity index (χ3n) is 2.97. The van der Waals surface area contributed by atoms with Crippen LogP contribution in [-0.2, 0) is 4.79 Å². The van der Waals surface area contributed by atoms with Gasteiger partial charge in [-0.2, -0.15) is 0 Å². The highest BCUT2D eigenvalue weighted by Crippen LogP contribution is 2.37. The molecular weight excluding hydrogens is 290 g/mol. The van der Waals surface area contributed by atoms with Crippen LogP contribution in [0.15, 0.2) is 18.2 Å². The van der Waals surface area contributed by atoms with Crippen LogP contribution in [-0.4, -0.2) is 66.6 Å². The van der Waals surface area contributed by atoms with Crippen molar-refractivity contribution in [1.82, 2.24) is 4.90 Å². The Balaban J connectivity index is 2.95. The van der Waals surface area contributed by atoms with Gasteiger partial charge in [-0.05, 0) is 23.8 Å². The summed E-state index contributed by atoms with van der Waals surface area (Å²) in [6.45, 7) is -0.0707. The largest absolute Gasteiger partial charge is 0.502 e. The maximum absolute atomic E-state index is 12.0. The van der Waals surface area contributed by atoms with Crippen LogP contribution in [0.5, 0.6) is 17.2 Å². The van der Waals surface area contributed by atoms with Crippen molar-refractivity contribution in [3.8, 4) is 17.2 Å². The minimum atomic E-state index is -0.339. The van der Waals surface area contributed by atoms with Gasteiger partial charge in [-0.15, -0.1) is 0 Å². The molecule has 7 nitrogen and oxygen atoms in total. The summed E-state index contributed by atoms with van der Waals surface area (Å²) in [7, 11) is 2.83. The Morgan fingerprint density at radius 2 is 1.64 bits per heavy atom. The Labute approximate surface area is 129 Å². The zero-order valence-corrected chi connectivity index (χ0v) is 12.7. The van der Waals surface area contributed by atoms with Crippen LogP contribution >= 0.6 is 0 Å². The number of amides is 1. The lowest BCUT2D eigenvalue weighted by Gasteiger charge is -2.18. The first-order valence-electron chi connectivity index (χ1n) is 6.71. The van der Waals surface area contributed by atoms with Crippen molar-refractivity contribution in [2.24, 2.45) is 0 Å². The fourth-order valence-corrected chi connectivity index (χ4v) is 1.86. The first-order valence-corrected chi connectivity index (χ1v) is 6.71. The summed E-state index contributed by atoms with van der Waals surface area (Å²) in [6, 6.07) is 3.12. The van der Waals surface area contributed by atoms with Gasteiger partial charge in [-0.1, -0.05) is 0 Å². The van der Waals surface area contributed by atoms with Gasteiger partial charge < -0.3 is 29.7 Å². The number of hydrogen-bond acceptors (Lipinski definition) is 6. The molecule has 0 atom stereocenters. The molecule has 1 rings (SSSR count). The second-order valence-electron chi connectivity index (χ2n) is 4.38. The third-order valence-corrected chi connectivity index (χ3v) is 2.97. The molecule has 1 aromatic carbocycles. The average Bonchev–Trinajstić information content (AvgIpc) is 2.53. The number of ether oxygens (including phenoxy) is 2. The summed E-state index contributed by atoms with van der Waals surface area (Å²) >= 11 is 0. The molecule has 122 valence electrons. The fourth-order valence-electron chi connectivity index (χ4n) is 1.86. The van der Waals surface area contributed by atoms with Gasteiger partial charge in [0.25, 0.3) is 0 Å². The second kappa shape index (κ2) is 8.91. The van der Waals surface area contributed by atoms with E-state index in [0.717, 1.165) is 0 Å². The van der Waals surface area contributed by atoms with E-state index >= 15 is 0 Å². The summed E-state index contributed by atoms with van der Waals surface area (Å²) in [5.74, 6) is 0.00724. The van der Waals surface area contributed by atoms with Crippen LogP contribution in [0.1, 0.15) is 5.56 Å². The van der Waals surface area contributed by atoms with Crippen LogP contribution in [0, 0.1) is 0 Å². The Kier molecular flexibility index (Phi) is 7.21. The van der Waals surface area contributed by atoms with Gasteiger partial charge in [0.2, 0.25) is 11.7 Å². The van der Waals surface area contributed by atoms with Gasteiger partial charge in [-0.25, -0.2) is 0 Å². The van der Waals surface area contributed by atoms with E-state index in [9.17, 15) is 9.90 Å². The number of benzene rings is 1. The van der Waals surface area contributed by atoms with E-state index in [-0.39, 0.29) is 49.5 Å². The number of aliphatic hydroxyl groups excluding tert-OH is 2. The molecule has 1 amide bonds. The predicted octanol–water partition coefficient (Wildman–Crippen LogP) is 0.236. The molecule has 0 unspecified atom stereocenters. The topological polar surface area (TPSA) is 99.5 Å². The predicted molar refractivity (Wildman–Crippen MR) is 81.0 cm³/mol. The summed E-state index contributed by atoms with van der Waals surface area (Å²) in [5.41, 5.74) is 0.604. The molecule has 0 aliphatic heterocycles. The molecule has 0 aliphatic rings. The quantitative estimate of drug-likeness (QED) is 0.595. The van der Waals surface area contributed by atoms with Gasteiger partial charge in [-0.3, -0.25) is 4.79 Å². The Morgan fingerprint density at radius 1 is 1.14 bits per heavy atom. The molecule has 1 aromatic rings. The first-order chi connectivity index (χ1) is 10.6. The summed E-state index contributed by atoms with van der Waals surface area (Å²) in [4.78, 5) is 13.3. The van der Waals surface area contributed by atoms with Crippen molar-refractivity contribution in [3.05, 3.63) is 23.8 Å². The lowest BCUT2D eigenvalue weighted by Crippen LogP contribution is -2.34. The van der Waals surface area contributed by atoms with E-state index in [0.29, 0.717) is 5.56 Å². The van der Waals surface area contributed by atoms with Crippen molar-refractivity contribution < 1.29 is 29.6 Å². The van der Waals surface area contributed by atoms with Crippen molar-refractivity contribution in [2.75, 3.05) is 40.5 Å². The number of rotatable bonds is 8. The SMILES string of the molecule is COc1cc(/C=C/C(=O)N(CCO)CCO)cc(OC)c1O. The second-order valence-corrected chi connectivity index (χ2v) is 4.38. The highest BCUT2D eigenvalue weighted by Gasteiger charge is 2.11. The van der Waals surface area contributed by atoms with Gasteiger partial charge in [0.1, 0.15) is 0 Å². The lowest BCUT2D eigenvalue weighted by atomic mass is 10.1. The number of methoxy groups -OCH3 is 2. The number of nitrogens with zero attached hydrogens (tertiary/aromatic N) is 1. The minimum absolute atomic E-state index is 0.115. The van der Waals surface area contributed by atoms with E-state index in [4.69, 9.17) is 19.7 Å². The molecular formula is C15H21NO6. The van der Waals surface area contributed by atoms with Crippen LogP contribution in [0.3, 0.4) is 0 Å². The van der Waals surface area contributed by atoms with Gasteiger partial charge >= 0.3 is 0 Å². The van der Waals surface area contributed by atoms with Crippen LogP contribution in [0.25, 0.3) is 6.08 Å². The van der Waals surface area contributed by atoms with E-state index in [1.165, 1.54) is 31.3 Å². The number of aromatic hydroxyl groups is 1. The Bertz CT molecular complexity index is 498. The Hall–Kier alpha value is -2.25. The molecule has 0 radical (unpaired) electrons. The van der Waals surface area contributed by atoms with Gasteiger partial charge in [0.15, 0.2) is 11.5 Å². The van der Waals surface area contributed by atoms with E-state index in [1.54, 1.807) is 12.1 Å². The molecule has 3 N–H and O–H groups in total. The standard InChI is InChI=1S/C15H21NO6/c1-21-12-9-11(10-13(22-2)15(12)20)3-4-14(19)16(5-7-17)6-8-18/h3-4,9-10,17-18,20H,5-8H2,1-2H3/b4-3+. The molecule has 7 heteroatoms. The normalized spacial score (nSPS) is 10.7. The molecule has 22 heavy (non-hydrogen) atoms. The van der Waals surface area contributed by atoms with Crippen LogP contribution in [0.4, 0.5) is 0 Å². The van der Waals surface area contributed by atoms with Crippen molar-refractivity contribution in [3.63, 3.8) is 0 Å². The minimum Gasteiger partial charge on any atom is -0.502 e. The monoisotopic (exact) mass is 311 g/mol. The van der Waals surface area contributed by atoms with E-state index in [1.807, 2.05) is 0 Å². The summed E-state index contributed by atoms with van der Waals surface area (Å²) < 4.78 is 10.1. The van der Waals surface area contributed by atoms with Crippen molar-refractivity contribution in [2.45, 2.75) is 0 Å². The summed E-state index contributed by atoms with van der Waals surface area (Å²) in [6.07, 6.45) is 2.85. The summed E-state index contributed by atoms with van der Waals surface area (Å²) in [5, 5.41) is 27.6. The zero-order chi connectivity index (χ0) is 16.5. The third kappa shape index (κ3) is 4.64. The molecule has 0 heterocycles. The zero-order valence-electron chi connectivity index (χ0n) is 12.7. The average molecular weight is 311 g/mol. The van der Waals surface area contributed by atoms with Crippen molar-refractivity contribution in [1.29, 1.82) is 0 Å². The number of aliphatic hydroxyl groups is 2. The highest BCUT2D eigenvalue weighted by molar-refractivity contribution is 5.92. The first kappa shape index (κ1) is 17.8. The van der Waals surface area contributed by atoms with Gasteiger partial charge in [0.05, 0.1) is 27.4 Å². The van der Waals surface area contributed by atoms with Crippen LogP contribution in [0.2, 0.25) is 0 Å². The van der Waals surface area contributed by atoms with Crippen LogP contribution < -0.4 is 9.47 Å².